The molecule has 1 saturated heterocycles. The van der Waals surface area contributed by atoms with Crippen molar-refractivity contribution in [2.75, 3.05) is 19.5 Å². The summed E-state index contributed by atoms with van der Waals surface area (Å²) in [5, 5.41) is 1.67. The summed E-state index contributed by atoms with van der Waals surface area (Å²) in [6, 6.07) is 0. The third-order valence-electron chi connectivity index (χ3n) is 5.19. The molecular formula is C21H30N4O10S. The number of aliphatic imine (C=N–C) groups is 1. The minimum Gasteiger partial charge on any atom is -0.463 e. The Morgan fingerprint density at radius 3 is 2.22 bits per heavy atom. The van der Waals surface area contributed by atoms with Gasteiger partial charge in [0.2, 0.25) is 6.23 Å². The second kappa shape index (κ2) is 11.9. The zero-order valence-corrected chi connectivity index (χ0v) is 21.6. The van der Waals surface area contributed by atoms with E-state index in [1.807, 2.05) is 16.8 Å². The van der Waals surface area contributed by atoms with E-state index in [9.17, 15) is 19.2 Å². The van der Waals surface area contributed by atoms with Gasteiger partial charge in [-0.15, -0.1) is 0 Å². The fourth-order valence-electron chi connectivity index (χ4n) is 3.93. The standard InChI is InChI=1S/C21H30N4O10S/c1-10-22-15-7-24(36-6)9-25(21(15)31-10)23-20-19(34-14(5)29)18(33-13(4)28)17(32-12(3)27)16(35-20)8-30-11(2)26/h7,16-21,23H,8-9H2,1-6H3/t16-,17-,18+,19-,20-,21?/m1/s1. The summed E-state index contributed by atoms with van der Waals surface area (Å²) in [7, 11) is 0. The van der Waals surface area contributed by atoms with E-state index in [-0.39, 0.29) is 6.61 Å². The maximum atomic E-state index is 12.0. The molecule has 0 saturated carbocycles. The quantitative estimate of drug-likeness (QED) is 0.255. The molecule has 200 valence electrons. The second-order valence-electron chi connectivity index (χ2n) is 8.11. The Morgan fingerprint density at radius 1 is 1.03 bits per heavy atom. The van der Waals surface area contributed by atoms with E-state index in [2.05, 4.69) is 10.4 Å². The van der Waals surface area contributed by atoms with Gasteiger partial charge >= 0.3 is 23.9 Å². The predicted molar refractivity (Wildman–Crippen MR) is 123 cm³/mol. The van der Waals surface area contributed by atoms with Crippen LogP contribution in [0.3, 0.4) is 0 Å². The predicted octanol–water partition coefficient (Wildman–Crippen LogP) is 0.0433. The Kier molecular flexibility index (Phi) is 9.16. The lowest BCUT2D eigenvalue weighted by molar-refractivity contribution is -0.269. The van der Waals surface area contributed by atoms with E-state index in [0.717, 1.165) is 6.92 Å². The van der Waals surface area contributed by atoms with E-state index in [1.54, 1.807) is 11.9 Å². The first-order chi connectivity index (χ1) is 17.0. The minimum absolute atomic E-state index is 0.311. The van der Waals surface area contributed by atoms with Crippen LogP contribution in [0.25, 0.3) is 0 Å². The van der Waals surface area contributed by atoms with Crippen LogP contribution in [0, 0.1) is 0 Å². The van der Waals surface area contributed by atoms with Crippen molar-refractivity contribution in [1.29, 1.82) is 0 Å². The summed E-state index contributed by atoms with van der Waals surface area (Å²) in [6.07, 6.45) is -2.83. The van der Waals surface area contributed by atoms with Gasteiger partial charge in [0.1, 0.15) is 18.4 Å². The molecule has 0 spiro atoms. The van der Waals surface area contributed by atoms with E-state index < -0.39 is 60.7 Å². The first-order valence-corrected chi connectivity index (χ1v) is 12.2. The molecule has 3 aliphatic rings. The van der Waals surface area contributed by atoms with Gasteiger partial charge in [0.15, 0.2) is 30.4 Å². The Morgan fingerprint density at radius 2 is 1.64 bits per heavy atom. The van der Waals surface area contributed by atoms with Crippen LogP contribution in [0.1, 0.15) is 34.6 Å². The van der Waals surface area contributed by atoms with Crippen molar-refractivity contribution >= 4 is 41.7 Å². The average molecular weight is 531 g/mol. The van der Waals surface area contributed by atoms with Gasteiger partial charge < -0.3 is 32.7 Å². The topological polar surface area (TPSA) is 155 Å². The zero-order valence-electron chi connectivity index (χ0n) is 20.8. The molecule has 36 heavy (non-hydrogen) atoms. The number of nitrogens with zero attached hydrogens (tertiary/aromatic N) is 3. The van der Waals surface area contributed by atoms with Crippen molar-refractivity contribution in [2.45, 2.75) is 71.5 Å². The molecule has 0 aromatic carbocycles. The van der Waals surface area contributed by atoms with E-state index in [1.165, 1.54) is 32.7 Å². The number of carbonyl (C=O) groups excluding carboxylic acids is 4. The van der Waals surface area contributed by atoms with Crippen molar-refractivity contribution in [2.24, 2.45) is 4.99 Å². The van der Waals surface area contributed by atoms with Crippen LogP contribution >= 0.6 is 11.9 Å². The largest absolute Gasteiger partial charge is 0.463 e. The lowest BCUT2D eigenvalue weighted by atomic mass is 9.97. The highest BCUT2D eigenvalue weighted by Gasteiger charge is 2.53. The molecule has 1 unspecified atom stereocenters. The molecule has 0 aromatic heterocycles. The Bertz CT molecular complexity index is 944. The molecule has 1 N–H and O–H groups in total. The smallest absolute Gasteiger partial charge is 0.303 e. The summed E-state index contributed by atoms with van der Waals surface area (Å²) in [6.45, 7) is 6.43. The Hall–Kier alpha value is -2.88. The van der Waals surface area contributed by atoms with Crippen molar-refractivity contribution in [3.05, 3.63) is 11.9 Å². The Labute approximate surface area is 212 Å². The van der Waals surface area contributed by atoms with Gasteiger partial charge in [0.25, 0.3) is 0 Å². The van der Waals surface area contributed by atoms with Crippen LogP contribution in [0.4, 0.5) is 0 Å². The molecule has 6 atom stereocenters. The number of esters is 4. The lowest BCUT2D eigenvalue weighted by Gasteiger charge is -2.47. The second-order valence-corrected chi connectivity index (χ2v) is 8.95. The molecule has 1 fully saturated rings. The highest BCUT2D eigenvalue weighted by atomic mass is 32.2. The Balaban J connectivity index is 1.95. The van der Waals surface area contributed by atoms with Crippen LogP contribution in [-0.4, -0.2) is 95.5 Å². The van der Waals surface area contributed by atoms with Gasteiger partial charge in [-0.3, -0.25) is 19.2 Å². The fourth-order valence-corrected chi connectivity index (χ4v) is 4.38. The van der Waals surface area contributed by atoms with Crippen LogP contribution < -0.4 is 5.43 Å². The third kappa shape index (κ3) is 6.87. The van der Waals surface area contributed by atoms with Crippen LogP contribution in [0.15, 0.2) is 16.9 Å². The molecule has 3 heterocycles. The highest BCUT2D eigenvalue weighted by molar-refractivity contribution is 7.96. The summed E-state index contributed by atoms with van der Waals surface area (Å²) in [5.41, 5.74) is 3.76. The molecule has 0 aliphatic carbocycles. The number of hydrogen-bond acceptors (Lipinski definition) is 15. The number of fused-ring (bicyclic) bond motifs is 1. The molecular weight excluding hydrogens is 500 g/mol. The fraction of sp³-hybridized carbons (Fsp3) is 0.667. The molecule has 3 rings (SSSR count). The van der Waals surface area contributed by atoms with Crippen LogP contribution in [0.2, 0.25) is 0 Å². The van der Waals surface area contributed by atoms with Gasteiger partial charge in [-0.05, 0) is 0 Å². The van der Waals surface area contributed by atoms with Gasteiger partial charge in [0, 0.05) is 47.1 Å². The molecule has 3 aliphatic heterocycles. The highest BCUT2D eigenvalue weighted by Crippen LogP contribution is 2.31. The SMILES string of the molecule is CSN1C=C2N=C(C)OC2N(N[C@@H]2O[C@H](COC(C)=O)[C@@H](OC(C)=O)[C@H](OC(C)=O)[C@H]2OC(C)=O)C1. The molecule has 0 radical (unpaired) electrons. The van der Waals surface area contributed by atoms with Gasteiger partial charge in [-0.1, -0.05) is 11.9 Å². The maximum Gasteiger partial charge on any atom is 0.303 e. The third-order valence-corrected chi connectivity index (χ3v) is 5.88. The number of nitrogens with one attached hydrogen (secondary N) is 1. The number of rotatable bonds is 8. The summed E-state index contributed by atoms with van der Waals surface area (Å²) >= 11 is 1.44. The summed E-state index contributed by atoms with van der Waals surface area (Å²) < 4.78 is 35.3. The summed E-state index contributed by atoms with van der Waals surface area (Å²) in [5.74, 6) is -2.23. The molecule has 0 bridgehead atoms. The van der Waals surface area contributed by atoms with Gasteiger partial charge in [0.05, 0.1) is 6.67 Å². The summed E-state index contributed by atoms with van der Waals surface area (Å²) in [4.78, 5) is 51.8. The van der Waals surface area contributed by atoms with E-state index in [4.69, 9.17) is 28.4 Å². The van der Waals surface area contributed by atoms with Crippen molar-refractivity contribution in [3.8, 4) is 0 Å². The van der Waals surface area contributed by atoms with Gasteiger partial charge in [-0.2, -0.15) is 5.01 Å². The lowest BCUT2D eigenvalue weighted by Crippen LogP contribution is -2.69. The average Bonchev–Trinajstić information content (AvgIpc) is 3.15. The first-order valence-electron chi connectivity index (χ1n) is 11.1. The van der Waals surface area contributed by atoms with Crippen molar-refractivity contribution in [1.82, 2.24) is 14.7 Å². The van der Waals surface area contributed by atoms with E-state index >= 15 is 0 Å². The maximum absolute atomic E-state index is 12.0. The normalized spacial score (nSPS) is 29.8. The van der Waals surface area contributed by atoms with Crippen molar-refractivity contribution in [3.63, 3.8) is 0 Å². The monoisotopic (exact) mass is 530 g/mol. The van der Waals surface area contributed by atoms with Gasteiger partial charge in [-0.25, -0.2) is 10.4 Å². The molecule has 0 aromatic rings. The zero-order chi connectivity index (χ0) is 26.6. The van der Waals surface area contributed by atoms with E-state index in [0.29, 0.717) is 18.3 Å². The minimum atomic E-state index is -1.28. The van der Waals surface area contributed by atoms with Crippen molar-refractivity contribution < 1.29 is 47.6 Å². The van der Waals surface area contributed by atoms with Crippen LogP contribution in [0.5, 0.6) is 0 Å². The molecule has 0 amide bonds. The number of hydrazine groups is 1. The number of hydrogen-bond donors (Lipinski definition) is 1. The van der Waals surface area contributed by atoms with Crippen LogP contribution in [-0.2, 0) is 47.6 Å². The molecule has 15 heteroatoms. The number of carbonyl (C=O) groups is 4. The molecule has 14 nitrogen and oxygen atoms in total. The first kappa shape index (κ1) is 27.7. The number of ether oxygens (including phenoxy) is 6.